The highest BCUT2D eigenvalue weighted by atomic mass is 32.2. The highest BCUT2D eigenvalue weighted by Gasteiger charge is 2.15. The Balaban J connectivity index is 2.61. The maximum Gasteiger partial charge on any atom is 0.335 e. The van der Waals surface area contributed by atoms with Crippen LogP contribution in [0.15, 0.2) is 24.3 Å². The Kier molecular flexibility index (Phi) is 6.32. The van der Waals surface area contributed by atoms with Gasteiger partial charge in [0, 0.05) is 6.04 Å². The molecule has 0 aliphatic rings. The van der Waals surface area contributed by atoms with Crippen molar-refractivity contribution in [3.63, 3.8) is 0 Å². The molecule has 0 aliphatic heterocycles. The normalized spacial score (nSPS) is 13.3. The summed E-state index contributed by atoms with van der Waals surface area (Å²) in [6, 6.07) is 5.71. The Hall–Kier alpha value is -1.44. The highest BCUT2D eigenvalue weighted by molar-refractivity contribution is 7.88. The number of rotatable bonds is 8. The third kappa shape index (κ3) is 6.70. The standard InChI is InChI=1S/C14H22N2O4S/c1-11(8-9-16(2)3)15-21(19,20)10-12-4-6-13(7-5-12)14(17)18/h4-7,11,15H,8-10H2,1-3H3,(H,17,18). The minimum Gasteiger partial charge on any atom is -0.478 e. The maximum absolute atomic E-state index is 12.0. The molecule has 0 bridgehead atoms. The molecule has 0 heterocycles. The zero-order chi connectivity index (χ0) is 16.0. The fourth-order valence-corrected chi connectivity index (χ4v) is 3.27. The third-order valence-corrected chi connectivity index (χ3v) is 4.42. The second-order valence-corrected chi connectivity index (χ2v) is 7.13. The Morgan fingerprint density at radius 1 is 1.29 bits per heavy atom. The van der Waals surface area contributed by atoms with E-state index < -0.39 is 16.0 Å². The zero-order valence-corrected chi connectivity index (χ0v) is 13.4. The van der Waals surface area contributed by atoms with E-state index in [0.717, 1.165) is 13.0 Å². The number of nitrogens with zero attached hydrogens (tertiary/aromatic N) is 1. The number of carbonyl (C=O) groups is 1. The summed E-state index contributed by atoms with van der Waals surface area (Å²) in [5.41, 5.74) is 0.704. The van der Waals surface area contributed by atoms with Crippen LogP contribution in [0.1, 0.15) is 29.3 Å². The summed E-state index contributed by atoms with van der Waals surface area (Å²) in [4.78, 5) is 12.7. The van der Waals surface area contributed by atoms with Gasteiger partial charge in [0.05, 0.1) is 11.3 Å². The molecular formula is C14H22N2O4S. The first kappa shape index (κ1) is 17.6. The van der Waals surface area contributed by atoms with Crippen molar-refractivity contribution in [3.8, 4) is 0 Å². The van der Waals surface area contributed by atoms with Gasteiger partial charge < -0.3 is 10.0 Å². The molecule has 118 valence electrons. The SMILES string of the molecule is CC(CCN(C)C)NS(=O)(=O)Cc1ccc(C(=O)O)cc1. The summed E-state index contributed by atoms with van der Waals surface area (Å²) >= 11 is 0. The molecular weight excluding hydrogens is 292 g/mol. The van der Waals surface area contributed by atoms with Gasteiger partial charge in [-0.15, -0.1) is 0 Å². The van der Waals surface area contributed by atoms with Crippen LogP contribution in [0.4, 0.5) is 0 Å². The number of hydrogen-bond donors (Lipinski definition) is 2. The van der Waals surface area contributed by atoms with Gasteiger partial charge in [0.1, 0.15) is 0 Å². The molecule has 6 nitrogen and oxygen atoms in total. The van der Waals surface area contributed by atoms with Crippen LogP contribution >= 0.6 is 0 Å². The largest absolute Gasteiger partial charge is 0.478 e. The van der Waals surface area contributed by atoms with Crippen LogP contribution in [0.3, 0.4) is 0 Å². The van der Waals surface area contributed by atoms with Crippen molar-refractivity contribution in [3.05, 3.63) is 35.4 Å². The molecule has 0 aliphatic carbocycles. The van der Waals surface area contributed by atoms with Crippen molar-refractivity contribution in [1.29, 1.82) is 0 Å². The predicted octanol–water partition coefficient (Wildman–Crippen LogP) is 1.14. The molecule has 1 atom stereocenters. The first-order chi connectivity index (χ1) is 9.69. The molecule has 21 heavy (non-hydrogen) atoms. The van der Waals surface area contributed by atoms with Gasteiger partial charge in [-0.2, -0.15) is 0 Å². The van der Waals surface area contributed by atoms with E-state index in [1.165, 1.54) is 24.3 Å². The average molecular weight is 314 g/mol. The summed E-state index contributed by atoms with van der Waals surface area (Å²) in [5, 5.41) is 8.80. The molecule has 2 N–H and O–H groups in total. The van der Waals surface area contributed by atoms with E-state index >= 15 is 0 Å². The Bertz CT molecular complexity index is 567. The van der Waals surface area contributed by atoms with Crippen molar-refractivity contribution in [1.82, 2.24) is 9.62 Å². The Morgan fingerprint density at radius 2 is 1.86 bits per heavy atom. The van der Waals surface area contributed by atoms with E-state index in [1.54, 1.807) is 0 Å². The van der Waals surface area contributed by atoms with Crippen molar-refractivity contribution < 1.29 is 18.3 Å². The molecule has 1 rings (SSSR count). The summed E-state index contributed by atoms with van der Waals surface area (Å²) in [6.45, 7) is 2.63. The van der Waals surface area contributed by atoms with Crippen LogP contribution in [0.25, 0.3) is 0 Å². The van der Waals surface area contributed by atoms with Gasteiger partial charge in [0.2, 0.25) is 10.0 Å². The minimum atomic E-state index is -3.43. The van der Waals surface area contributed by atoms with Crippen molar-refractivity contribution >= 4 is 16.0 Å². The van der Waals surface area contributed by atoms with Gasteiger partial charge in [-0.3, -0.25) is 0 Å². The summed E-state index contributed by atoms with van der Waals surface area (Å²) in [7, 11) is 0.441. The first-order valence-electron chi connectivity index (χ1n) is 6.66. The van der Waals surface area contributed by atoms with Crippen LogP contribution in [0.2, 0.25) is 0 Å². The number of carboxylic acids is 1. The van der Waals surface area contributed by atoms with Crippen LogP contribution in [0, 0.1) is 0 Å². The number of carboxylic acid groups (broad SMARTS) is 1. The fourth-order valence-electron chi connectivity index (χ4n) is 1.82. The lowest BCUT2D eigenvalue weighted by atomic mass is 10.1. The molecule has 0 radical (unpaired) electrons. The van der Waals surface area contributed by atoms with Gasteiger partial charge in [-0.1, -0.05) is 12.1 Å². The van der Waals surface area contributed by atoms with Gasteiger partial charge in [0.15, 0.2) is 0 Å². The number of hydrogen-bond acceptors (Lipinski definition) is 4. The Labute approximate surface area is 125 Å². The molecule has 0 amide bonds. The highest BCUT2D eigenvalue weighted by Crippen LogP contribution is 2.09. The van der Waals surface area contributed by atoms with Gasteiger partial charge in [0.25, 0.3) is 0 Å². The van der Waals surface area contributed by atoms with Crippen molar-refractivity contribution in [2.45, 2.75) is 25.1 Å². The van der Waals surface area contributed by atoms with Crippen LogP contribution < -0.4 is 4.72 Å². The van der Waals surface area contributed by atoms with Crippen molar-refractivity contribution in [2.75, 3.05) is 20.6 Å². The zero-order valence-electron chi connectivity index (χ0n) is 12.5. The summed E-state index contributed by atoms with van der Waals surface area (Å²) in [6.07, 6.45) is 0.726. The quantitative estimate of drug-likeness (QED) is 0.751. The van der Waals surface area contributed by atoms with Gasteiger partial charge >= 0.3 is 5.97 Å². The van der Waals surface area contributed by atoms with E-state index in [1.807, 2.05) is 25.9 Å². The molecule has 1 aromatic carbocycles. The molecule has 0 saturated carbocycles. The summed E-state index contributed by atoms with van der Waals surface area (Å²) in [5.74, 6) is -1.18. The summed E-state index contributed by atoms with van der Waals surface area (Å²) < 4.78 is 26.7. The minimum absolute atomic E-state index is 0.142. The number of nitrogens with one attached hydrogen (secondary N) is 1. The molecule has 0 aromatic heterocycles. The van der Waals surface area contributed by atoms with Crippen molar-refractivity contribution in [2.24, 2.45) is 0 Å². The third-order valence-electron chi connectivity index (χ3n) is 2.95. The smallest absolute Gasteiger partial charge is 0.335 e. The maximum atomic E-state index is 12.0. The predicted molar refractivity (Wildman–Crippen MR) is 81.8 cm³/mol. The monoisotopic (exact) mass is 314 g/mol. The average Bonchev–Trinajstić information content (AvgIpc) is 2.35. The molecule has 1 aromatic rings. The van der Waals surface area contributed by atoms with Crippen LogP contribution in [0.5, 0.6) is 0 Å². The second-order valence-electron chi connectivity index (χ2n) is 5.37. The molecule has 0 spiro atoms. The van der Waals surface area contributed by atoms with Gasteiger partial charge in [-0.05, 0) is 51.7 Å². The molecule has 1 unspecified atom stereocenters. The van der Waals surface area contributed by atoms with E-state index in [0.29, 0.717) is 5.56 Å². The van der Waals surface area contributed by atoms with Crippen LogP contribution in [-0.4, -0.2) is 51.1 Å². The Morgan fingerprint density at radius 3 is 2.33 bits per heavy atom. The topological polar surface area (TPSA) is 86.7 Å². The van der Waals surface area contributed by atoms with E-state index in [4.69, 9.17) is 5.11 Å². The number of sulfonamides is 1. The van der Waals surface area contributed by atoms with E-state index in [-0.39, 0.29) is 17.4 Å². The lowest BCUT2D eigenvalue weighted by Gasteiger charge is -2.16. The number of aromatic carboxylic acids is 1. The molecule has 0 saturated heterocycles. The van der Waals surface area contributed by atoms with Gasteiger partial charge in [-0.25, -0.2) is 17.9 Å². The molecule has 7 heteroatoms. The lowest BCUT2D eigenvalue weighted by Crippen LogP contribution is -2.35. The van der Waals surface area contributed by atoms with E-state index in [9.17, 15) is 13.2 Å². The lowest BCUT2D eigenvalue weighted by molar-refractivity contribution is 0.0697. The molecule has 0 fully saturated rings. The first-order valence-corrected chi connectivity index (χ1v) is 8.32. The van der Waals surface area contributed by atoms with E-state index in [2.05, 4.69) is 4.72 Å². The number of benzene rings is 1. The fraction of sp³-hybridized carbons (Fsp3) is 0.500. The van der Waals surface area contributed by atoms with Crippen LogP contribution in [-0.2, 0) is 15.8 Å². The second kappa shape index (κ2) is 7.53.